The zero-order valence-corrected chi connectivity index (χ0v) is 11.9. The molecule has 112 valence electrons. The first-order chi connectivity index (χ1) is 10.2. The highest BCUT2D eigenvalue weighted by Crippen LogP contribution is 2.23. The number of carbonyl (C=O) groups is 1. The number of rotatable bonds is 6. The molecule has 0 bridgehead atoms. The molecule has 2 aromatic carbocycles. The molecular formula is C16H18FNO3. The van der Waals surface area contributed by atoms with Crippen molar-refractivity contribution in [3.8, 4) is 0 Å². The van der Waals surface area contributed by atoms with Gasteiger partial charge in [-0.2, -0.15) is 0 Å². The third-order valence-corrected chi connectivity index (χ3v) is 3.32. The maximum atomic E-state index is 13.8. The second kappa shape index (κ2) is 7.15. The molecule has 5 heteroatoms. The van der Waals surface area contributed by atoms with Gasteiger partial charge in [0.25, 0.3) is 5.91 Å². The van der Waals surface area contributed by atoms with Crippen LogP contribution in [0.1, 0.15) is 10.4 Å². The van der Waals surface area contributed by atoms with Gasteiger partial charge in [-0.25, -0.2) is 4.39 Å². The molecule has 2 aromatic rings. The number of methoxy groups -OCH3 is 1. The number of aliphatic hydroxyl groups is 1. The van der Waals surface area contributed by atoms with Gasteiger partial charge in [-0.1, -0.05) is 24.3 Å². The summed E-state index contributed by atoms with van der Waals surface area (Å²) in [5.41, 5.74) is 0.427. The van der Waals surface area contributed by atoms with Gasteiger partial charge in [0.15, 0.2) is 0 Å². The molecule has 1 N–H and O–H groups in total. The Morgan fingerprint density at radius 2 is 1.90 bits per heavy atom. The van der Waals surface area contributed by atoms with Crippen LogP contribution in [0, 0.1) is 5.82 Å². The van der Waals surface area contributed by atoms with Gasteiger partial charge in [0.1, 0.15) is 5.82 Å². The third kappa shape index (κ3) is 3.37. The van der Waals surface area contributed by atoms with Gasteiger partial charge in [0.05, 0.1) is 13.2 Å². The molecular weight excluding hydrogens is 273 g/mol. The lowest BCUT2D eigenvalue weighted by atomic mass is 10.0. The van der Waals surface area contributed by atoms with Crippen molar-refractivity contribution < 1.29 is 19.0 Å². The van der Waals surface area contributed by atoms with Crippen LogP contribution in [0.5, 0.6) is 0 Å². The maximum absolute atomic E-state index is 13.8. The zero-order valence-electron chi connectivity index (χ0n) is 11.9. The minimum absolute atomic E-state index is 0.130. The Kier molecular flexibility index (Phi) is 5.25. The van der Waals surface area contributed by atoms with Gasteiger partial charge < -0.3 is 14.7 Å². The van der Waals surface area contributed by atoms with Crippen LogP contribution in [0.25, 0.3) is 10.8 Å². The maximum Gasteiger partial charge on any atom is 0.254 e. The number of hydrogen-bond donors (Lipinski definition) is 1. The number of carbonyl (C=O) groups excluding carboxylic acids is 1. The van der Waals surface area contributed by atoms with E-state index in [0.29, 0.717) is 29.5 Å². The fourth-order valence-electron chi connectivity index (χ4n) is 2.26. The smallest absolute Gasteiger partial charge is 0.254 e. The van der Waals surface area contributed by atoms with E-state index in [0.717, 1.165) is 0 Å². The lowest BCUT2D eigenvalue weighted by Crippen LogP contribution is -2.36. The van der Waals surface area contributed by atoms with Crippen LogP contribution >= 0.6 is 0 Å². The lowest BCUT2D eigenvalue weighted by molar-refractivity contribution is 0.0658. The normalized spacial score (nSPS) is 10.8. The van der Waals surface area contributed by atoms with Crippen molar-refractivity contribution in [3.05, 3.63) is 47.8 Å². The van der Waals surface area contributed by atoms with E-state index in [4.69, 9.17) is 9.84 Å². The Balaban J connectivity index is 2.39. The summed E-state index contributed by atoms with van der Waals surface area (Å²) >= 11 is 0. The highest BCUT2D eigenvalue weighted by molar-refractivity contribution is 6.07. The summed E-state index contributed by atoms with van der Waals surface area (Å²) in [6, 6.07) is 9.65. The Morgan fingerprint density at radius 3 is 2.57 bits per heavy atom. The van der Waals surface area contributed by atoms with Crippen LogP contribution in [-0.2, 0) is 4.74 Å². The highest BCUT2D eigenvalue weighted by Gasteiger charge is 2.18. The summed E-state index contributed by atoms with van der Waals surface area (Å²) in [6.07, 6.45) is 0. The molecule has 0 aliphatic carbocycles. The third-order valence-electron chi connectivity index (χ3n) is 3.32. The number of hydrogen-bond acceptors (Lipinski definition) is 3. The van der Waals surface area contributed by atoms with E-state index >= 15 is 0 Å². The van der Waals surface area contributed by atoms with Gasteiger partial charge >= 0.3 is 0 Å². The fraction of sp³-hybridized carbons (Fsp3) is 0.312. The molecule has 0 heterocycles. The molecule has 0 atom stereocenters. The number of halogens is 1. The molecule has 0 saturated carbocycles. The van der Waals surface area contributed by atoms with Crippen molar-refractivity contribution in [1.29, 1.82) is 0 Å². The average molecular weight is 291 g/mol. The van der Waals surface area contributed by atoms with E-state index in [1.165, 1.54) is 17.0 Å². The largest absolute Gasteiger partial charge is 0.395 e. The number of ether oxygens (including phenoxy) is 1. The topological polar surface area (TPSA) is 49.8 Å². The summed E-state index contributed by atoms with van der Waals surface area (Å²) in [4.78, 5) is 14.1. The summed E-state index contributed by atoms with van der Waals surface area (Å²) < 4.78 is 18.8. The summed E-state index contributed by atoms with van der Waals surface area (Å²) in [7, 11) is 1.55. The Bertz CT molecular complexity index is 630. The molecule has 4 nitrogen and oxygen atoms in total. The van der Waals surface area contributed by atoms with E-state index in [1.807, 2.05) is 0 Å². The summed E-state index contributed by atoms with van der Waals surface area (Å²) in [5, 5.41) is 10.1. The minimum Gasteiger partial charge on any atom is -0.395 e. The van der Waals surface area contributed by atoms with Crippen LogP contribution in [0.3, 0.4) is 0 Å². The van der Waals surface area contributed by atoms with Gasteiger partial charge in [0, 0.05) is 31.1 Å². The quantitative estimate of drug-likeness (QED) is 0.886. The zero-order chi connectivity index (χ0) is 15.2. The molecule has 0 saturated heterocycles. The standard InChI is InChI=1S/C16H18FNO3/c1-21-11-9-18(8-10-19)16(20)14-6-7-15(17)13-5-3-2-4-12(13)14/h2-7,19H,8-11H2,1H3. The lowest BCUT2D eigenvalue weighted by Gasteiger charge is -2.22. The first kappa shape index (κ1) is 15.4. The van der Waals surface area contributed by atoms with E-state index in [9.17, 15) is 9.18 Å². The Labute approximate surface area is 122 Å². The summed E-state index contributed by atoms with van der Waals surface area (Å²) in [5.74, 6) is -0.593. The average Bonchev–Trinajstić information content (AvgIpc) is 2.51. The minimum atomic E-state index is -0.354. The number of aliphatic hydroxyl groups excluding tert-OH is 1. The van der Waals surface area contributed by atoms with E-state index in [1.54, 1.807) is 31.4 Å². The van der Waals surface area contributed by atoms with Gasteiger partial charge in [-0.3, -0.25) is 4.79 Å². The molecule has 21 heavy (non-hydrogen) atoms. The first-order valence-electron chi connectivity index (χ1n) is 6.75. The SMILES string of the molecule is COCCN(CCO)C(=O)c1ccc(F)c2ccccc12. The Morgan fingerprint density at radius 1 is 1.19 bits per heavy atom. The van der Waals surface area contributed by atoms with Crippen LogP contribution in [0.4, 0.5) is 4.39 Å². The number of fused-ring (bicyclic) bond motifs is 1. The van der Waals surface area contributed by atoms with Crippen molar-refractivity contribution >= 4 is 16.7 Å². The molecule has 0 fully saturated rings. The number of nitrogens with zero attached hydrogens (tertiary/aromatic N) is 1. The van der Waals surface area contributed by atoms with Crippen molar-refractivity contribution in [2.75, 3.05) is 33.4 Å². The Hall–Kier alpha value is -1.98. The second-order valence-corrected chi connectivity index (χ2v) is 4.65. The van der Waals surface area contributed by atoms with Crippen LogP contribution < -0.4 is 0 Å². The van der Waals surface area contributed by atoms with Crippen LogP contribution in [0.15, 0.2) is 36.4 Å². The van der Waals surface area contributed by atoms with Crippen molar-refractivity contribution in [3.63, 3.8) is 0 Å². The molecule has 0 radical (unpaired) electrons. The fourth-order valence-corrected chi connectivity index (χ4v) is 2.26. The highest BCUT2D eigenvalue weighted by atomic mass is 19.1. The first-order valence-corrected chi connectivity index (χ1v) is 6.75. The predicted molar refractivity (Wildman–Crippen MR) is 78.8 cm³/mol. The van der Waals surface area contributed by atoms with Gasteiger partial charge in [-0.15, -0.1) is 0 Å². The van der Waals surface area contributed by atoms with Gasteiger partial charge in [0.2, 0.25) is 0 Å². The van der Waals surface area contributed by atoms with Crippen LogP contribution in [0.2, 0.25) is 0 Å². The molecule has 0 aliphatic heterocycles. The van der Waals surface area contributed by atoms with Crippen molar-refractivity contribution in [1.82, 2.24) is 4.90 Å². The molecule has 2 rings (SSSR count). The van der Waals surface area contributed by atoms with Gasteiger partial charge in [-0.05, 0) is 17.5 Å². The number of amides is 1. The molecule has 0 unspecified atom stereocenters. The van der Waals surface area contributed by atoms with E-state index < -0.39 is 0 Å². The van der Waals surface area contributed by atoms with Crippen molar-refractivity contribution in [2.45, 2.75) is 0 Å². The predicted octanol–water partition coefficient (Wildman–Crippen LogP) is 2.06. The number of benzene rings is 2. The van der Waals surface area contributed by atoms with Crippen LogP contribution in [-0.4, -0.2) is 49.3 Å². The monoisotopic (exact) mass is 291 g/mol. The molecule has 0 aromatic heterocycles. The molecule has 1 amide bonds. The molecule has 0 aliphatic rings. The van der Waals surface area contributed by atoms with E-state index in [2.05, 4.69) is 0 Å². The van der Waals surface area contributed by atoms with Crippen molar-refractivity contribution in [2.24, 2.45) is 0 Å². The second-order valence-electron chi connectivity index (χ2n) is 4.65. The van der Waals surface area contributed by atoms with E-state index in [-0.39, 0.29) is 24.9 Å². The molecule has 0 spiro atoms. The summed E-state index contributed by atoms with van der Waals surface area (Å²) in [6.45, 7) is 0.842.